The van der Waals surface area contributed by atoms with Crippen molar-refractivity contribution in [2.45, 2.75) is 11.4 Å². The van der Waals surface area contributed by atoms with E-state index in [9.17, 15) is 9.18 Å². The maximum absolute atomic E-state index is 13.2. The fraction of sp³-hybridized carbons (Fsp3) is 0.286. The molecule has 1 aliphatic rings. The Bertz CT molecular complexity index is 933. The van der Waals surface area contributed by atoms with Crippen LogP contribution in [0.15, 0.2) is 59.6 Å². The van der Waals surface area contributed by atoms with Crippen molar-refractivity contribution >= 4 is 28.6 Å². The summed E-state index contributed by atoms with van der Waals surface area (Å²) < 4.78 is 20.6. The topological polar surface area (TPSA) is 34.5 Å². The number of carbonyl (C=O) groups excluding carboxylic acids is 1. The fourth-order valence-corrected chi connectivity index (χ4v) is 4.28. The van der Waals surface area contributed by atoms with Crippen LogP contribution in [0.2, 0.25) is 0 Å². The molecule has 1 fully saturated rings. The minimum absolute atomic E-state index is 0.152. The van der Waals surface area contributed by atoms with Gasteiger partial charge in [-0.05, 0) is 23.8 Å². The Morgan fingerprint density at radius 3 is 2.59 bits per heavy atom. The van der Waals surface area contributed by atoms with E-state index in [4.69, 9.17) is 4.74 Å². The number of aromatic nitrogens is 1. The van der Waals surface area contributed by atoms with Crippen LogP contribution in [-0.2, 0) is 16.1 Å². The maximum atomic E-state index is 13.2. The predicted octanol–water partition coefficient (Wildman–Crippen LogP) is 3.78. The van der Waals surface area contributed by atoms with Gasteiger partial charge in [0.2, 0.25) is 5.91 Å². The summed E-state index contributed by atoms with van der Waals surface area (Å²) in [6, 6.07) is 14.8. The quantitative estimate of drug-likeness (QED) is 0.628. The molecule has 0 atom stereocenters. The molecule has 2 aromatic carbocycles. The second kappa shape index (κ2) is 8.15. The number of halogens is 1. The van der Waals surface area contributed by atoms with E-state index < -0.39 is 0 Å². The lowest BCUT2D eigenvalue weighted by Crippen LogP contribution is -2.41. The summed E-state index contributed by atoms with van der Waals surface area (Å²) in [6.07, 6.45) is 2.09. The summed E-state index contributed by atoms with van der Waals surface area (Å²) >= 11 is 1.57. The third kappa shape index (κ3) is 4.17. The van der Waals surface area contributed by atoms with Crippen molar-refractivity contribution in [1.82, 2.24) is 9.47 Å². The average Bonchev–Trinajstić information content (AvgIpc) is 3.06. The molecular formula is C21H21FN2O2S. The van der Waals surface area contributed by atoms with Gasteiger partial charge in [0.1, 0.15) is 5.82 Å². The SMILES string of the molecule is O=C(CSc1cn(Cc2ccc(F)cc2)c2ccccc12)N1CCOCC1. The lowest BCUT2D eigenvalue weighted by atomic mass is 10.2. The summed E-state index contributed by atoms with van der Waals surface area (Å²) in [7, 11) is 0. The van der Waals surface area contributed by atoms with Gasteiger partial charge in [-0.1, -0.05) is 30.3 Å². The van der Waals surface area contributed by atoms with Crippen molar-refractivity contribution < 1.29 is 13.9 Å². The Hall–Kier alpha value is -2.31. The molecule has 0 aliphatic carbocycles. The van der Waals surface area contributed by atoms with Crippen molar-refractivity contribution in [2.24, 2.45) is 0 Å². The van der Waals surface area contributed by atoms with E-state index in [1.807, 2.05) is 17.0 Å². The van der Waals surface area contributed by atoms with Crippen LogP contribution >= 0.6 is 11.8 Å². The van der Waals surface area contributed by atoms with Gasteiger partial charge in [-0.15, -0.1) is 11.8 Å². The van der Waals surface area contributed by atoms with Gasteiger partial charge >= 0.3 is 0 Å². The second-order valence-corrected chi connectivity index (χ2v) is 7.56. The number of rotatable bonds is 5. The third-order valence-electron chi connectivity index (χ3n) is 4.73. The molecule has 4 rings (SSSR count). The lowest BCUT2D eigenvalue weighted by Gasteiger charge is -2.26. The van der Waals surface area contributed by atoms with Gasteiger partial charge in [-0.25, -0.2) is 4.39 Å². The predicted molar refractivity (Wildman–Crippen MR) is 106 cm³/mol. The first-order valence-electron chi connectivity index (χ1n) is 9.01. The van der Waals surface area contributed by atoms with E-state index in [2.05, 4.69) is 22.9 Å². The van der Waals surface area contributed by atoms with E-state index in [1.165, 1.54) is 12.1 Å². The summed E-state index contributed by atoms with van der Waals surface area (Å²) in [5.74, 6) is 0.345. The molecule has 140 valence electrons. The Labute approximate surface area is 161 Å². The van der Waals surface area contributed by atoms with Crippen LogP contribution in [0.5, 0.6) is 0 Å². The number of thioether (sulfide) groups is 1. The van der Waals surface area contributed by atoms with Gasteiger partial charge in [-0.3, -0.25) is 4.79 Å². The number of amides is 1. The Balaban J connectivity index is 1.52. The third-order valence-corrected chi connectivity index (χ3v) is 5.76. The van der Waals surface area contributed by atoms with Crippen LogP contribution in [0.1, 0.15) is 5.56 Å². The van der Waals surface area contributed by atoms with Crippen LogP contribution in [0.4, 0.5) is 4.39 Å². The standard InChI is InChI=1S/C21H21FN2O2S/c22-17-7-5-16(6-8-17)13-24-14-20(18-3-1-2-4-19(18)24)27-15-21(25)23-9-11-26-12-10-23/h1-8,14H,9-13,15H2. The van der Waals surface area contributed by atoms with E-state index in [0.29, 0.717) is 38.6 Å². The van der Waals surface area contributed by atoms with E-state index >= 15 is 0 Å². The van der Waals surface area contributed by atoms with Crippen molar-refractivity contribution in [2.75, 3.05) is 32.1 Å². The highest BCUT2D eigenvalue weighted by Gasteiger charge is 2.18. The normalized spacial score (nSPS) is 14.6. The van der Waals surface area contributed by atoms with Gasteiger partial charge in [0.15, 0.2) is 0 Å². The number of nitrogens with zero attached hydrogens (tertiary/aromatic N) is 2. The molecule has 1 amide bonds. The molecule has 1 aliphatic heterocycles. The molecule has 6 heteroatoms. The number of fused-ring (bicyclic) bond motifs is 1. The van der Waals surface area contributed by atoms with E-state index in [1.54, 1.807) is 23.9 Å². The summed E-state index contributed by atoms with van der Waals surface area (Å²) in [4.78, 5) is 15.4. The van der Waals surface area contributed by atoms with Crippen LogP contribution in [0, 0.1) is 5.82 Å². The average molecular weight is 384 g/mol. The molecule has 0 saturated carbocycles. The zero-order valence-corrected chi connectivity index (χ0v) is 15.8. The smallest absolute Gasteiger partial charge is 0.233 e. The highest BCUT2D eigenvalue weighted by atomic mass is 32.2. The van der Waals surface area contributed by atoms with E-state index in [0.717, 1.165) is 21.4 Å². The Morgan fingerprint density at radius 1 is 1.07 bits per heavy atom. The molecule has 0 unspecified atom stereocenters. The van der Waals surface area contributed by atoms with Crippen molar-refractivity contribution in [1.29, 1.82) is 0 Å². The molecule has 1 saturated heterocycles. The number of para-hydroxylation sites is 1. The lowest BCUT2D eigenvalue weighted by molar-refractivity contribution is -0.132. The second-order valence-electron chi connectivity index (χ2n) is 6.55. The molecule has 1 aromatic heterocycles. The molecular weight excluding hydrogens is 363 g/mol. The van der Waals surface area contributed by atoms with Gasteiger partial charge in [0.25, 0.3) is 0 Å². The molecule has 0 bridgehead atoms. The number of benzene rings is 2. The molecule has 27 heavy (non-hydrogen) atoms. The fourth-order valence-electron chi connectivity index (χ4n) is 3.29. The number of hydrogen-bond donors (Lipinski definition) is 0. The summed E-state index contributed by atoms with van der Waals surface area (Å²) in [6.45, 7) is 3.25. The Morgan fingerprint density at radius 2 is 1.81 bits per heavy atom. The highest BCUT2D eigenvalue weighted by molar-refractivity contribution is 8.00. The Kier molecular flexibility index (Phi) is 5.45. The highest BCUT2D eigenvalue weighted by Crippen LogP contribution is 2.30. The minimum atomic E-state index is -0.228. The first kappa shape index (κ1) is 18.1. The monoisotopic (exact) mass is 384 g/mol. The van der Waals surface area contributed by atoms with Crippen molar-refractivity contribution in [3.8, 4) is 0 Å². The van der Waals surface area contributed by atoms with E-state index in [-0.39, 0.29) is 11.7 Å². The van der Waals surface area contributed by atoms with Crippen LogP contribution in [-0.4, -0.2) is 47.4 Å². The van der Waals surface area contributed by atoms with Crippen molar-refractivity contribution in [3.63, 3.8) is 0 Å². The molecule has 4 nitrogen and oxygen atoms in total. The van der Waals surface area contributed by atoms with Gasteiger partial charge in [0.05, 0.1) is 19.0 Å². The maximum Gasteiger partial charge on any atom is 0.233 e. The van der Waals surface area contributed by atoms with Gasteiger partial charge < -0.3 is 14.2 Å². The van der Waals surface area contributed by atoms with Crippen LogP contribution < -0.4 is 0 Å². The zero-order chi connectivity index (χ0) is 18.6. The number of carbonyl (C=O) groups is 1. The summed E-state index contributed by atoms with van der Waals surface area (Å²) in [5.41, 5.74) is 2.15. The van der Waals surface area contributed by atoms with Gasteiger partial charge in [0, 0.05) is 41.6 Å². The number of hydrogen-bond acceptors (Lipinski definition) is 3. The van der Waals surface area contributed by atoms with Crippen LogP contribution in [0.25, 0.3) is 10.9 Å². The molecule has 3 aromatic rings. The summed E-state index contributed by atoms with van der Waals surface area (Å²) in [5, 5.41) is 1.14. The molecule has 2 heterocycles. The van der Waals surface area contributed by atoms with Crippen LogP contribution in [0.3, 0.4) is 0 Å². The largest absolute Gasteiger partial charge is 0.378 e. The number of morpholine rings is 1. The first-order chi connectivity index (χ1) is 13.2. The van der Waals surface area contributed by atoms with Crippen molar-refractivity contribution in [3.05, 3.63) is 66.1 Å². The molecule has 0 N–H and O–H groups in total. The van der Waals surface area contributed by atoms with Gasteiger partial charge in [-0.2, -0.15) is 0 Å². The molecule has 0 spiro atoms. The molecule has 0 radical (unpaired) electrons. The zero-order valence-electron chi connectivity index (χ0n) is 14.9. The number of ether oxygens (including phenoxy) is 1. The first-order valence-corrected chi connectivity index (χ1v) is 10.00. The minimum Gasteiger partial charge on any atom is -0.378 e.